The summed E-state index contributed by atoms with van der Waals surface area (Å²) in [6.07, 6.45) is 0. The fourth-order valence-corrected chi connectivity index (χ4v) is 2.69. The molecule has 3 nitrogen and oxygen atoms in total. The van der Waals surface area contributed by atoms with Crippen LogP contribution in [0.2, 0.25) is 0 Å². The maximum atomic E-state index is 13.5. The van der Waals surface area contributed by atoms with Crippen LogP contribution in [0.1, 0.15) is 32.0 Å². The van der Waals surface area contributed by atoms with Crippen LogP contribution >= 0.6 is 15.9 Å². The lowest BCUT2D eigenvalue weighted by Crippen LogP contribution is -2.17. The van der Waals surface area contributed by atoms with Crippen molar-refractivity contribution < 1.29 is 4.39 Å². The summed E-state index contributed by atoms with van der Waals surface area (Å²) in [6.45, 7) is 8.03. The second kappa shape index (κ2) is 5.13. The molecule has 0 fully saturated rings. The van der Waals surface area contributed by atoms with Gasteiger partial charge in [0.15, 0.2) is 5.82 Å². The summed E-state index contributed by atoms with van der Waals surface area (Å²) in [5.41, 5.74) is 8.14. The summed E-state index contributed by atoms with van der Waals surface area (Å²) in [6, 6.07) is 4.57. The Balaban J connectivity index is 2.70. The number of benzene rings is 1. The highest BCUT2D eigenvalue weighted by Crippen LogP contribution is 2.33. The highest BCUT2D eigenvalue weighted by atomic mass is 79.9. The first-order valence-electron chi connectivity index (χ1n) is 6.30. The molecule has 0 saturated heterocycles. The Morgan fingerprint density at radius 3 is 2.45 bits per heavy atom. The van der Waals surface area contributed by atoms with Crippen LogP contribution in [0, 0.1) is 12.7 Å². The number of hydrogen-bond acceptors (Lipinski definition) is 3. The zero-order chi connectivity index (χ0) is 15.1. The number of nitrogens with zero attached hydrogens (tertiary/aromatic N) is 2. The zero-order valence-electron chi connectivity index (χ0n) is 12.0. The molecule has 1 aromatic carbocycles. The van der Waals surface area contributed by atoms with Gasteiger partial charge in [-0.25, -0.2) is 14.4 Å². The number of anilines is 1. The second-order valence-electron chi connectivity index (χ2n) is 5.80. The molecule has 0 aliphatic heterocycles. The van der Waals surface area contributed by atoms with Crippen molar-refractivity contribution in [2.45, 2.75) is 33.1 Å². The van der Waals surface area contributed by atoms with Crippen molar-refractivity contribution in [3.63, 3.8) is 0 Å². The summed E-state index contributed by atoms with van der Waals surface area (Å²) < 4.78 is 14.1. The lowest BCUT2D eigenvalue weighted by molar-refractivity contribution is 0.564. The number of hydrogen-bond donors (Lipinski definition) is 1. The molecular weight excluding hydrogens is 321 g/mol. The van der Waals surface area contributed by atoms with Crippen molar-refractivity contribution in [1.82, 2.24) is 9.97 Å². The van der Waals surface area contributed by atoms with E-state index in [2.05, 4.69) is 25.9 Å². The number of halogens is 2. The third kappa shape index (κ3) is 2.82. The number of nitrogens with two attached hydrogens (primary N) is 1. The van der Waals surface area contributed by atoms with Crippen molar-refractivity contribution in [2.75, 3.05) is 5.73 Å². The van der Waals surface area contributed by atoms with Crippen LogP contribution in [0.15, 0.2) is 22.7 Å². The van der Waals surface area contributed by atoms with Gasteiger partial charge < -0.3 is 5.73 Å². The van der Waals surface area contributed by atoms with E-state index in [4.69, 9.17) is 5.73 Å². The third-order valence-corrected chi connectivity index (χ3v) is 3.81. The van der Waals surface area contributed by atoms with Gasteiger partial charge in [0.25, 0.3) is 0 Å². The van der Waals surface area contributed by atoms with E-state index < -0.39 is 0 Å². The Morgan fingerprint density at radius 1 is 1.20 bits per heavy atom. The Bertz CT molecular complexity index is 663. The minimum Gasteiger partial charge on any atom is -0.383 e. The quantitative estimate of drug-likeness (QED) is 0.846. The normalized spacial score (nSPS) is 11.7. The van der Waals surface area contributed by atoms with Crippen LogP contribution in [0.4, 0.5) is 10.2 Å². The smallest absolute Gasteiger partial charge is 0.162 e. The molecule has 0 amide bonds. The molecule has 2 rings (SSSR count). The largest absolute Gasteiger partial charge is 0.383 e. The van der Waals surface area contributed by atoms with Crippen LogP contribution in [-0.4, -0.2) is 9.97 Å². The molecule has 0 unspecified atom stereocenters. The van der Waals surface area contributed by atoms with E-state index in [1.165, 1.54) is 12.1 Å². The predicted octanol–water partition coefficient (Wildman–Crippen LogP) is 4.23. The van der Waals surface area contributed by atoms with E-state index in [9.17, 15) is 4.39 Å². The maximum absolute atomic E-state index is 13.5. The van der Waals surface area contributed by atoms with E-state index >= 15 is 0 Å². The average molecular weight is 338 g/mol. The molecule has 5 heteroatoms. The molecule has 0 spiro atoms. The summed E-state index contributed by atoms with van der Waals surface area (Å²) in [7, 11) is 0. The minimum absolute atomic E-state index is 0.189. The average Bonchev–Trinajstić information content (AvgIpc) is 2.34. The maximum Gasteiger partial charge on any atom is 0.162 e. The zero-order valence-corrected chi connectivity index (χ0v) is 13.5. The molecule has 0 bridgehead atoms. The van der Waals surface area contributed by atoms with E-state index in [0.717, 1.165) is 11.3 Å². The Morgan fingerprint density at radius 2 is 1.85 bits per heavy atom. The summed E-state index contributed by atoms with van der Waals surface area (Å²) >= 11 is 3.43. The van der Waals surface area contributed by atoms with Crippen LogP contribution in [0.3, 0.4) is 0 Å². The van der Waals surface area contributed by atoms with Crippen LogP contribution < -0.4 is 5.73 Å². The molecule has 0 saturated carbocycles. The van der Waals surface area contributed by atoms with Crippen LogP contribution in [0.25, 0.3) is 11.4 Å². The Labute approximate surface area is 126 Å². The van der Waals surface area contributed by atoms with Crippen molar-refractivity contribution in [3.05, 3.63) is 39.7 Å². The first kappa shape index (κ1) is 14.9. The molecule has 2 N–H and O–H groups in total. The van der Waals surface area contributed by atoms with Gasteiger partial charge in [0.05, 0.1) is 10.2 Å². The van der Waals surface area contributed by atoms with Gasteiger partial charge in [-0.1, -0.05) is 26.8 Å². The number of nitrogen functional groups attached to an aromatic ring is 1. The van der Waals surface area contributed by atoms with E-state index in [0.29, 0.717) is 21.7 Å². The van der Waals surface area contributed by atoms with E-state index in [-0.39, 0.29) is 11.2 Å². The van der Waals surface area contributed by atoms with Gasteiger partial charge >= 0.3 is 0 Å². The molecule has 1 heterocycles. The molecule has 20 heavy (non-hydrogen) atoms. The van der Waals surface area contributed by atoms with Crippen molar-refractivity contribution in [1.29, 1.82) is 0 Å². The summed E-state index contributed by atoms with van der Waals surface area (Å²) in [5.74, 6) is 0.504. The van der Waals surface area contributed by atoms with Crippen LogP contribution in [0.5, 0.6) is 0 Å². The molecular formula is C15H17BrFN3. The first-order valence-corrected chi connectivity index (χ1v) is 7.09. The van der Waals surface area contributed by atoms with Gasteiger partial charge in [-0.2, -0.15) is 0 Å². The monoisotopic (exact) mass is 337 g/mol. The van der Waals surface area contributed by atoms with Gasteiger partial charge in [-0.05, 0) is 40.5 Å². The lowest BCUT2D eigenvalue weighted by Gasteiger charge is -2.21. The SMILES string of the molecule is Cc1ccc(F)cc1-c1nc(N)c(Br)c(C(C)(C)C)n1. The Hall–Kier alpha value is -1.49. The lowest BCUT2D eigenvalue weighted by atomic mass is 9.91. The molecule has 0 radical (unpaired) electrons. The summed E-state index contributed by atoms with van der Waals surface area (Å²) in [5, 5.41) is 0. The molecule has 0 aliphatic carbocycles. The molecule has 2 aromatic rings. The fourth-order valence-electron chi connectivity index (χ4n) is 1.92. The molecule has 0 aliphatic rings. The number of aryl methyl sites for hydroxylation is 1. The van der Waals surface area contributed by atoms with E-state index in [1.807, 2.05) is 27.7 Å². The molecule has 1 aromatic heterocycles. The Kier molecular flexibility index (Phi) is 3.82. The van der Waals surface area contributed by atoms with Gasteiger partial charge in [0, 0.05) is 11.0 Å². The number of aromatic nitrogens is 2. The van der Waals surface area contributed by atoms with Crippen molar-refractivity contribution in [2.24, 2.45) is 0 Å². The van der Waals surface area contributed by atoms with Crippen molar-refractivity contribution >= 4 is 21.7 Å². The highest BCUT2D eigenvalue weighted by Gasteiger charge is 2.23. The highest BCUT2D eigenvalue weighted by molar-refractivity contribution is 9.10. The molecule has 106 valence electrons. The number of rotatable bonds is 1. The van der Waals surface area contributed by atoms with Crippen molar-refractivity contribution in [3.8, 4) is 11.4 Å². The van der Waals surface area contributed by atoms with Gasteiger partial charge in [-0.15, -0.1) is 0 Å². The van der Waals surface area contributed by atoms with Gasteiger partial charge in [-0.3, -0.25) is 0 Å². The van der Waals surface area contributed by atoms with Gasteiger partial charge in [0.2, 0.25) is 0 Å². The third-order valence-electron chi connectivity index (χ3n) is 3.03. The second-order valence-corrected chi connectivity index (χ2v) is 6.60. The first-order chi connectivity index (χ1) is 9.20. The van der Waals surface area contributed by atoms with Gasteiger partial charge in [0.1, 0.15) is 11.6 Å². The summed E-state index contributed by atoms with van der Waals surface area (Å²) in [4.78, 5) is 8.84. The molecule has 0 atom stereocenters. The topological polar surface area (TPSA) is 51.8 Å². The van der Waals surface area contributed by atoms with E-state index in [1.54, 1.807) is 6.07 Å². The minimum atomic E-state index is -0.312. The predicted molar refractivity (Wildman–Crippen MR) is 83.0 cm³/mol. The fraction of sp³-hybridized carbons (Fsp3) is 0.333. The van der Waals surface area contributed by atoms with Crippen LogP contribution in [-0.2, 0) is 5.41 Å². The standard InChI is InChI=1S/C15H17BrFN3/c1-8-5-6-9(17)7-10(8)14-19-12(15(2,3)4)11(16)13(18)20-14/h5-7H,1-4H3,(H2,18,19,20).